The number of ether oxygens (including phenoxy) is 2. The van der Waals surface area contributed by atoms with E-state index in [4.69, 9.17) is 9.47 Å². The average Bonchev–Trinajstić information content (AvgIpc) is 2.74. The van der Waals surface area contributed by atoms with Crippen LogP contribution in [-0.2, 0) is 0 Å². The second-order valence-corrected chi connectivity index (χ2v) is 6.89. The van der Waals surface area contributed by atoms with Crippen LogP contribution >= 0.6 is 0 Å². The van der Waals surface area contributed by atoms with E-state index in [-0.39, 0.29) is 0 Å². The quantitative estimate of drug-likeness (QED) is 0.752. The molecular formula is C19H28N6O2. The highest BCUT2D eigenvalue weighted by Crippen LogP contribution is 2.35. The number of nitrogens with zero attached hydrogens (tertiary/aromatic N) is 4. The second-order valence-electron chi connectivity index (χ2n) is 6.89. The number of anilines is 1. The van der Waals surface area contributed by atoms with E-state index in [2.05, 4.69) is 30.4 Å². The molecule has 0 aliphatic carbocycles. The van der Waals surface area contributed by atoms with Crippen molar-refractivity contribution in [3.63, 3.8) is 0 Å². The molecule has 0 radical (unpaired) electrons. The minimum Gasteiger partial charge on any atom is -0.493 e. The molecule has 0 atom stereocenters. The Morgan fingerprint density at radius 1 is 0.963 bits per heavy atom. The van der Waals surface area contributed by atoms with Crippen LogP contribution < -0.4 is 25.0 Å². The standard InChI is InChI=1S/C19H28N6O2/c1-26-17-12-15-16(22-14-23-19(15)25-8-4-21-5-9-25)13-18(17)27-11-10-24-6-2-20-3-7-24/h12-14,20-21H,2-11H2,1H3. The second kappa shape index (κ2) is 8.69. The molecule has 0 saturated carbocycles. The summed E-state index contributed by atoms with van der Waals surface area (Å²) in [5.41, 5.74) is 0.886. The van der Waals surface area contributed by atoms with Crippen molar-refractivity contribution in [2.75, 3.05) is 77.5 Å². The van der Waals surface area contributed by atoms with Gasteiger partial charge in [-0.3, -0.25) is 4.90 Å². The smallest absolute Gasteiger partial charge is 0.163 e. The maximum Gasteiger partial charge on any atom is 0.163 e. The molecule has 0 unspecified atom stereocenters. The highest BCUT2D eigenvalue weighted by Gasteiger charge is 2.18. The number of nitrogens with one attached hydrogen (secondary N) is 2. The first-order valence-corrected chi connectivity index (χ1v) is 9.69. The summed E-state index contributed by atoms with van der Waals surface area (Å²) in [6.45, 7) is 9.60. The van der Waals surface area contributed by atoms with E-state index in [0.717, 1.165) is 87.1 Å². The fourth-order valence-corrected chi connectivity index (χ4v) is 3.67. The Balaban J connectivity index is 1.52. The van der Waals surface area contributed by atoms with Gasteiger partial charge in [0.25, 0.3) is 0 Å². The summed E-state index contributed by atoms with van der Waals surface area (Å²) in [7, 11) is 1.68. The van der Waals surface area contributed by atoms with Crippen LogP contribution in [-0.4, -0.2) is 87.5 Å². The molecule has 0 amide bonds. The topological polar surface area (TPSA) is 74.8 Å². The zero-order valence-electron chi connectivity index (χ0n) is 15.9. The van der Waals surface area contributed by atoms with Gasteiger partial charge in [0.2, 0.25) is 0 Å². The number of rotatable bonds is 6. The summed E-state index contributed by atoms with van der Waals surface area (Å²) >= 11 is 0. The van der Waals surface area contributed by atoms with Crippen molar-refractivity contribution in [3.8, 4) is 11.5 Å². The van der Waals surface area contributed by atoms with Gasteiger partial charge in [0, 0.05) is 70.4 Å². The summed E-state index contributed by atoms with van der Waals surface area (Å²) in [6, 6.07) is 3.98. The first kappa shape index (κ1) is 18.2. The van der Waals surface area contributed by atoms with E-state index >= 15 is 0 Å². The zero-order valence-corrected chi connectivity index (χ0v) is 15.9. The molecule has 2 saturated heterocycles. The van der Waals surface area contributed by atoms with Crippen LogP contribution in [0.5, 0.6) is 11.5 Å². The Kier molecular flexibility index (Phi) is 5.86. The average molecular weight is 372 g/mol. The third kappa shape index (κ3) is 4.23. The van der Waals surface area contributed by atoms with Crippen molar-refractivity contribution in [2.45, 2.75) is 0 Å². The zero-order chi connectivity index (χ0) is 18.5. The van der Waals surface area contributed by atoms with Crippen LogP contribution in [0.1, 0.15) is 0 Å². The lowest BCUT2D eigenvalue weighted by molar-refractivity contribution is 0.188. The highest BCUT2D eigenvalue weighted by atomic mass is 16.5. The van der Waals surface area contributed by atoms with Crippen LogP contribution in [0.15, 0.2) is 18.5 Å². The van der Waals surface area contributed by atoms with Gasteiger partial charge in [-0.05, 0) is 6.07 Å². The van der Waals surface area contributed by atoms with Crippen LogP contribution in [0.3, 0.4) is 0 Å². The Morgan fingerprint density at radius 3 is 2.44 bits per heavy atom. The molecule has 146 valence electrons. The minimum atomic E-state index is 0.637. The molecule has 2 N–H and O–H groups in total. The summed E-state index contributed by atoms with van der Waals surface area (Å²) in [6.07, 6.45) is 1.64. The Labute approximate surface area is 159 Å². The lowest BCUT2D eigenvalue weighted by Gasteiger charge is -2.29. The van der Waals surface area contributed by atoms with Crippen LogP contribution in [0.25, 0.3) is 10.9 Å². The Hall–Kier alpha value is -2.16. The van der Waals surface area contributed by atoms with Crippen molar-refractivity contribution < 1.29 is 9.47 Å². The molecule has 0 spiro atoms. The molecule has 0 bridgehead atoms. The fourth-order valence-electron chi connectivity index (χ4n) is 3.67. The van der Waals surface area contributed by atoms with Gasteiger partial charge in [0.15, 0.2) is 11.5 Å². The summed E-state index contributed by atoms with van der Waals surface area (Å²) in [4.78, 5) is 13.7. The molecule has 2 aliphatic rings. The molecule has 2 aromatic rings. The molecule has 1 aromatic heterocycles. The predicted molar refractivity (Wildman–Crippen MR) is 106 cm³/mol. The van der Waals surface area contributed by atoms with E-state index in [0.29, 0.717) is 6.61 Å². The Bertz CT molecular complexity index is 759. The van der Waals surface area contributed by atoms with Crippen LogP contribution in [0.2, 0.25) is 0 Å². The van der Waals surface area contributed by atoms with Gasteiger partial charge in [-0.2, -0.15) is 0 Å². The lowest BCUT2D eigenvalue weighted by Crippen LogP contribution is -2.44. The van der Waals surface area contributed by atoms with Gasteiger partial charge in [0.1, 0.15) is 18.8 Å². The monoisotopic (exact) mass is 372 g/mol. The maximum absolute atomic E-state index is 6.05. The number of benzene rings is 1. The number of hydrogen-bond donors (Lipinski definition) is 2. The first-order valence-electron chi connectivity index (χ1n) is 9.69. The fraction of sp³-hybridized carbons (Fsp3) is 0.579. The third-order valence-electron chi connectivity index (χ3n) is 5.19. The largest absolute Gasteiger partial charge is 0.493 e. The number of methoxy groups -OCH3 is 1. The third-order valence-corrected chi connectivity index (χ3v) is 5.19. The van der Waals surface area contributed by atoms with Crippen molar-refractivity contribution in [3.05, 3.63) is 18.5 Å². The summed E-state index contributed by atoms with van der Waals surface area (Å²) in [5, 5.41) is 7.75. The van der Waals surface area contributed by atoms with E-state index in [1.54, 1.807) is 13.4 Å². The minimum absolute atomic E-state index is 0.637. The highest BCUT2D eigenvalue weighted by molar-refractivity contribution is 5.92. The van der Waals surface area contributed by atoms with Gasteiger partial charge in [-0.1, -0.05) is 0 Å². The maximum atomic E-state index is 6.05. The number of fused-ring (bicyclic) bond motifs is 1. The van der Waals surface area contributed by atoms with Gasteiger partial charge in [-0.15, -0.1) is 0 Å². The van der Waals surface area contributed by atoms with E-state index in [1.807, 2.05) is 12.1 Å². The summed E-state index contributed by atoms with van der Waals surface area (Å²) < 4.78 is 11.7. The van der Waals surface area contributed by atoms with Crippen molar-refractivity contribution in [1.82, 2.24) is 25.5 Å². The van der Waals surface area contributed by atoms with Crippen molar-refractivity contribution in [1.29, 1.82) is 0 Å². The summed E-state index contributed by atoms with van der Waals surface area (Å²) in [5.74, 6) is 2.44. The van der Waals surface area contributed by atoms with Gasteiger partial charge >= 0.3 is 0 Å². The van der Waals surface area contributed by atoms with Crippen molar-refractivity contribution >= 4 is 16.7 Å². The van der Waals surface area contributed by atoms with E-state index in [1.165, 1.54) is 0 Å². The van der Waals surface area contributed by atoms with Crippen molar-refractivity contribution in [2.24, 2.45) is 0 Å². The molecule has 8 heteroatoms. The van der Waals surface area contributed by atoms with Gasteiger partial charge < -0.3 is 25.0 Å². The first-order chi connectivity index (χ1) is 13.3. The van der Waals surface area contributed by atoms with Crippen LogP contribution in [0.4, 0.5) is 5.82 Å². The molecule has 4 rings (SSSR count). The van der Waals surface area contributed by atoms with Crippen LogP contribution in [0, 0.1) is 0 Å². The number of aromatic nitrogens is 2. The number of hydrogen-bond acceptors (Lipinski definition) is 8. The lowest BCUT2D eigenvalue weighted by atomic mass is 10.2. The van der Waals surface area contributed by atoms with E-state index in [9.17, 15) is 0 Å². The molecule has 3 heterocycles. The molecule has 27 heavy (non-hydrogen) atoms. The predicted octanol–water partition coefficient (Wildman–Crippen LogP) is 0.332. The molecule has 2 fully saturated rings. The van der Waals surface area contributed by atoms with Gasteiger partial charge in [0.05, 0.1) is 12.6 Å². The van der Waals surface area contributed by atoms with E-state index < -0.39 is 0 Å². The molecule has 2 aliphatic heterocycles. The molecule has 1 aromatic carbocycles. The molecular weight excluding hydrogens is 344 g/mol. The SMILES string of the molecule is COc1cc2c(N3CCNCC3)ncnc2cc1OCCN1CCNCC1. The molecule has 8 nitrogen and oxygen atoms in total. The Morgan fingerprint density at radius 2 is 1.70 bits per heavy atom. The normalized spacial score (nSPS) is 18.6. The number of piperazine rings is 2. The van der Waals surface area contributed by atoms with Gasteiger partial charge in [-0.25, -0.2) is 9.97 Å².